The number of phosphoric ester groups is 1. The Labute approximate surface area is 130 Å². The zero-order chi connectivity index (χ0) is 16.4. The molecule has 0 bridgehead atoms. The molecule has 1 heterocycles. The quantitative estimate of drug-likeness (QED) is 0.687. The predicted octanol–water partition coefficient (Wildman–Crippen LogP) is 1.91. The summed E-state index contributed by atoms with van der Waals surface area (Å²) >= 11 is 0. The van der Waals surface area contributed by atoms with E-state index in [1.165, 1.54) is 13.0 Å². The van der Waals surface area contributed by atoms with Gasteiger partial charge in [0.1, 0.15) is 11.4 Å². The molecule has 1 aliphatic heterocycles. The Morgan fingerprint density at radius 3 is 2.64 bits per heavy atom. The van der Waals surface area contributed by atoms with Crippen LogP contribution in [0, 0.1) is 0 Å². The maximum absolute atomic E-state index is 12.6. The van der Waals surface area contributed by atoms with E-state index in [1.807, 2.05) is 0 Å². The summed E-state index contributed by atoms with van der Waals surface area (Å²) in [4.78, 5) is 11.7. The standard InChI is InChI=1S/C14H24NO6P/c1-4-19-22(18,20-5-2)21-13-9-11(10(3)16)15-12-7-6-8-14(12,13)17/h9,11-12,15,17H,4-8H2,1-3H3/t11?,12-,14+/m0/s1. The van der Waals surface area contributed by atoms with Crippen molar-refractivity contribution in [3.63, 3.8) is 0 Å². The summed E-state index contributed by atoms with van der Waals surface area (Å²) < 4.78 is 28.3. The van der Waals surface area contributed by atoms with Gasteiger partial charge < -0.3 is 9.63 Å². The molecule has 1 aliphatic carbocycles. The first-order valence-electron chi connectivity index (χ1n) is 7.64. The van der Waals surface area contributed by atoms with Gasteiger partial charge in [-0.2, -0.15) is 0 Å². The molecule has 1 fully saturated rings. The van der Waals surface area contributed by atoms with E-state index in [0.29, 0.717) is 12.8 Å². The fourth-order valence-electron chi connectivity index (χ4n) is 2.94. The lowest BCUT2D eigenvalue weighted by Gasteiger charge is -2.39. The molecule has 0 aromatic rings. The summed E-state index contributed by atoms with van der Waals surface area (Å²) in [6, 6.07) is -0.881. The average molecular weight is 333 g/mol. The maximum atomic E-state index is 12.6. The van der Waals surface area contributed by atoms with Gasteiger partial charge in [0, 0.05) is 6.04 Å². The largest absolute Gasteiger partial charge is 0.529 e. The van der Waals surface area contributed by atoms with Crippen LogP contribution in [-0.2, 0) is 22.9 Å². The Morgan fingerprint density at radius 2 is 2.09 bits per heavy atom. The van der Waals surface area contributed by atoms with E-state index in [4.69, 9.17) is 13.6 Å². The number of aliphatic hydroxyl groups is 1. The summed E-state index contributed by atoms with van der Waals surface area (Å²) in [7, 11) is -3.80. The number of Topliss-reactive ketones (excluding diaryl/α,β-unsaturated/α-hetero) is 1. The molecule has 22 heavy (non-hydrogen) atoms. The maximum Gasteiger partial charge on any atom is 0.529 e. The molecule has 1 saturated carbocycles. The van der Waals surface area contributed by atoms with Gasteiger partial charge in [0.25, 0.3) is 0 Å². The molecule has 8 heteroatoms. The van der Waals surface area contributed by atoms with E-state index in [0.717, 1.165) is 6.42 Å². The molecule has 1 unspecified atom stereocenters. The van der Waals surface area contributed by atoms with E-state index in [2.05, 4.69) is 5.32 Å². The molecule has 126 valence electrons. The van der Waals surface area contributed by atoms with Crippen LogP contribution >= 0.6 is 7.82 Å². The van der Waals surface area contributed by atoms with Crippen molar-refractivity contribution in [2.75, 3.05) is 13.2 Å². The van der Waals surface area contributed by atoms with Crippen molar-refractivity contribution in [3.05, 3.63) is 11.8 Å². The number of rotatable bonds is 7. The highest BCUT2D eigenvalue weighted by atomic mass is 31.2. The summed E-state index contributed by atoms with van der Waals surface area (Å²) in [5, 5.41) is 14.0. The van der Waals surface area contributed by atoms with E-state index < -0.39 is 19.5 Å². The van der Waals surface area contributed by atoms with Gasteiger partial charge in [0.15, 0.2) is 5.78 Å². The summed E-state index contributed by atoms with van der Waals surface area (Å²) in [5.74, 6) is 0.0110. The lowest BCUT2D eigenvalue weighted by molar-refractivity contribution is -0.119. The molecule has 0 spiro atoms. The predicted molar refractivity (Wildman–Crippen MR) is 80.2 cm³/mol. The van der Waals surface area contributed by atoms with Gasteiger partial charge in [0.05, 0.1) is 19.3 Å². The van der Waals surface area contributed by atoms with Crippen LogP contribution in [0.2, 0.25) is 0 Å². The van der Waals surface area contributed by atoms with Gasteiger partial charge in [-0.15, -0.1) is 0 Å². The Morgan fingerprint density at radius 1 is 1.45 bits per heavy atom. The minimum atomic E-state index is -3.80. The van der Waals surface area contributed by atoms with Crippen molar-refractivity contribution in [2.24, 2.45) is 0 Å². The van der Waals surface area contributed by atoms with Crippen molar-refractivity contribution < 1.29 is 28.0 Å². The molecular weight excluding hydrogens is 309 g/mol. The molecule has 7 nitrogen and oxygen atoms in total. The molecule has 2 rings (SSSR count). The normalized spacial score (nSPS) is 31.5. The number of phosphoric acid groups is 1. The van der Waals surface area contributed by atoms with Crippen molar-refractivity contribution in [3.8, 4) is 0 Å². The van der Waals surface area contributed by atoms with Gasteiger partial charge in [-0.05, 0) is 46.1 Å². The van der Waals surface area contributed by atoms with Crippen LogP contribution in [-0.4, -0.2) is 41.8 Å². The highest BCUT2D eigenvalue weighted by Gasteiger charge is 2.51. The monoisotopic (exact) mass is 333 g/mol. The molecule has 0 saturated heterocycles. The highest BCUT2D eigenvalue weighted by molar-refractivity contribution is 7.48. The average Bonchev–Trinajstić information content (AvgIpc) is 2.81. The number of carbonyl (C=O) groups is 1. The summed E-state index contributed by atoms with van der Waals surface area (Å²) in [6.45, 7) is 5.12. The number of hydrogen-bond acceptors (Lipinski definition) is 7. The fourth-order valence-corrected chi connectivity index (χ4v) is 4.21. The Bertz CT molecular complexity index is 498. The number of hydrogen-bond donors (Lipinski definition) is 2. The summed E-state index contributed by atoms with van der Waals surface area (Å²) in [5.41, 5.74) is -1.28. The highest BCUT2D eigenvalue weighted by Crippen LogP contribution is 2.54. The second kappa shape index (κ2) is 6.81. The van der Waals surface area contributed by atoms with Crippen LogP contribution in [0.25, 0.3) is 0 Å². The van der Waals surface area contributed by atoms with E-state index in [9.17, 15) is 14.5 Å². The smallest absolute Gasteiger partial charge is 0.406 e. The summed E-state index contributed by atoms with van der Waals surface area (Å²) in [6.07, 6.45) is 3.45. The van der Waals surface area contributed by atoms with Gasteiger partial charge >= 0.3 is 7.82 Å². The molecule has 0 radical (unpaired) electrons. The molecular formula is C14H24NO6P. The van der Waals surface area contributed by atoms with E-state index in [-0.39, 0.29) is 30.8 Å². The number of nitrogens with one attached hydrogen (secondary N) is 1. The minimum Gasteiger partial charge on any atom is -0.406 e. The van der Waals surface area contributed by atoms with Crippen LogP contribution in [0.1, 0.15) is 40.0 Å². The van der Waals surface area contributed by atoms with Gasteiger partial charge in [-0.25, -0.2) is 4.57 Å². The van der Waals surface area contributed by atoms with Crippen LogP contribution in [0.15, 0.2) is 11.8 Å². The molecule has 3 atom stereocenters. The topological polar surface area (TPSA) is 94.1 Å². The Balaban J connectivity index is 2.31. The third kappa shape index (κ3) is 3.44. The van der Waals surface area contributed by atoms with Crippen molar-refractivity contribution in [2.45, 2.75) is 57.7 Å². The number of ketones is 1. The first-order chi connectivity index (χ1) is 10.3. The van der Waals surface area contributed by atoms with Crippen molar-refractivity contribution >= 4 is 13.6 Å². The molecule has 0 aromatic carbocycles. The van der Waals surface area contributed by atoms with Crippen LogP contribution in [0.5, 0.6) is 0 Å². The third-order valence-electron chi connectivity index (χ3n) is 3.98. The zero-order valence-electron chi connectivity index (χ0n) is 13.2. The molecule has 2 N–H and O–H groups in total. The molecule has 0 aromatic heterocycles. The van der Waals surface area contributed by atoms with Crippen LogP contribution < -0.4 is 5.32 Å². The number of carbonyl (C=O) groups excluding carboxylic acids is 1. The lowest BCUT2D eigenvalue weighted by atomic mass is 9.89. The Hall–Kier alpha value is -0.720. The van der Waals surface area contributed by atoms with Crippen LogP contribution in [0.3, 0.4) is 0 Å². The molecule has 2 aliphatic rings. The van der Waals surface area contributed by atoms with E-state index >= 15 is 0 Å². The first kappa shape index (κ1) is 17.6. The van der Waals surface area contributed by atoms with Gasteiger partial charge in [-0.1, -0.05) is 0 Å². The lowest BCUT2D eigenvalue weighted by Crippen LogP contribution is -2.57. The minimum absolute atomic E-state index is 0.0993. The fraction of sp³-hybridized carbons (Fsp3) is 0.786. The van der Waals surface area contributed by atoms with Gasteiger partial charge in [-0.3, -0.25) is 19.2 Å². The zero-order valence-corrected chi connectivity index (χ0v) is 14.1. The SMILES string of the molecule is CCOP(=O)(OCC)OC1=CC(C(C)=O)N[C@H]2CCC[C@]12O. The Kier molecular flexibility index (Phi) is 5.45. The van der Waals surface area contributed by atoms with Gasteiger partial charge in [0.2, 0.25) is 0 Å². The second-order valence-corrected chi connectivity index (χ2v) is 7.12. The van der Waals surface area contributed by atoms with Crippen molar-refractivity contribution in [1.29, 1.82) is 0 Å². The van der Waals surface area contributed by atoms with E-state index in [1.54, 1.807) is 13.8 Å². The second-order valence-electron chi connectivity index (χ2n) is 5.53. The van der Waals surface area contributed by atoms with Crippen molar-refractivity contribution in [1.82, 2.24) is 5.32 Å². The van der Waals surface area contributed by atoms with Crippen LogP contribution in [0.4, 0.5) is 0 Å². The third-order valence-corrected chi connectivity index (χ3v) is 5.54. The molecule has 0 amide bonds. The number of fused-ring (bicyclic) bond motifs is 1. The first-order valence-corrected chi connectivity index (χ1v) is 9.10.